The van der Waals surface area contributed by atoms with E-state index in [4.69, 9.17) is 18.0 Å². The van der Waals surface area contributed by atoms with E-state index in [0.717, 1.165) is 38.5 Å². The summed E-state index contributed by atoms with van der Waals surface area (Å²) in [7, 11) is 0. The predicted octanol–water partition coefficient (Wildman–Crippen LogP) is 1.05. The highest BCUT2D eigenvalue weighted by molar-refractivity contribution is 7.80. The molecule has 0 saturated heterocycles. The van der Waals surface area contributed by atoms with Crippen LogP contribution in [0.4, 0.5) is 4.79 Å². The Kier molecular flexibility index (Phi) is 2.82. The molecule has 84 valence electrons. The first-order valence-electron chi connectivity index (χ1n) is 5.51. The second-order valence-electron chi connectivity index (χ2n) is 4.53. The topological polar surface area (TPSA) is 67.1 Å². The minimum atomic E-state index is -0.422. The molecule has 4 N–H and O–H groups in total. The number of carbonyl (C=O) groups excluding carboxylic acids is 1. The van der Waals surface area contributed by atoms with Crippen molar-refractivity contribution in [2.45, 2.75) is 50.1 Å². The molecular formula is C10H17N3OS. The average molecular weight is 227 g/mol. The van der Waals surface area contributed by atoms with Gasteiger partial charge in [0.05, 0.1) is 10.5 Å². The molecule has 0 spiro atoms. The SMILES string of the molecule is NC(=S)C1(NC(=O)NC2CC2)CCCC1. The van der Waals surface area contributed by atoms with Gasteiger partial charge in [0, 0.05) is 6.04 Å². The first-order valence-corrected chi connectivity index (χ1v) is 5.92. The van der Waals surface area contributed by atoms with Crippen LogP contribution >= 0.6 is 12.2 Å². The van der Waals surface area contributed by atoms with Gasteiger partial charge in [0.15, 0.2) is 0 Å². The summed E-state index contributed by atoms with van der Waals surface area (Å²) >= 11 is 5.05. The highest BCUT2D eigenvalue weighted by Gasteiger charge is 2.38. The van der Waals surface area contributed by atoms with Crippen LogP contribution in [0.15, 0.2) is 0 Å². The smallest absolute Gasteiger partial charge is 0.315 e. The lowest BCUT2D eigenvalue weighted by Gasteiger charge is -2.29. The van der Waals surface area contributed by atoms with E-state index in [2.05, 4.69) is 10.6 Å². The lowest BCUT2D eigenvalue weighted by Crippen LogP contribution is -2.57. The summed E-state index contributed by atoms with van der Waals surface area (Å²) in [5, 5.41) is 5.84. The van der Waals surface area contributed by atoms with Crippen LogP contribution < -0.4 is 16.4 Å². The van der Waals surface area contributed by atoms with Crippen molar-refractivity contribution < 1.29 is 4.79 Å². The summed E-state index contributed by atoms with van der Waals surface area (Å²) < 4.78 is 0. The molecule has 2 amide bonds. The Bertz CT molecular complexity index is 282. The lowest BCUT2D eigenvalue weighted by atomic mass is 9.98. The molecule has 0 aromatic heterocycles. The molecule has 15 heavy (non-hydrogen) atoms. The van der Waals surface area contributed by atoms with Gasteiger partial charge in [-0.15, -0.1) is 0 Å². The van der Waals surface area contributed by atoms with Gasteiger partial charge in [0.1, 0.15) is 0 Å². The van der Waals surface area contributed by atoms with E-state index in [1.807, 2.05) is 0 Å². The van der Waals surface area contributed by atoms with Crippen LogP contribution in [-0.2, 0) is 0 Å². The number of urea groups is 1. The van der Waals surface area contributed by atoms with Gasteiger partial charge in [0.2, 0.25) is 0 Å². The largest absolute Gasteiger partial charge is 0.391 e. The highest BCUT2D eigenvalue weighted by atomic mass is 32.1. The second kappa shape index (κ2) is 3.96. The van der Waals surface area contributed by atoms with Gasteiger partial charge in [-0.2, -0.15) is 0 Å². The van der Waals surface area contributed by atoms with Gasteiger partial charge in [-0.25, -0.2) is 4.79 Å². The monoisotopic (exact) mass is 227 g/mol. The van der Waals surface area contributed by atoms with Crippen LogP contribution in [0.3, 0.4) is 0 Å². The highest BCUT2D eigenvalue weighted by Crippen LogP contribution is 2.30. The van der Waals surface area contributed by atoms with Crippen molar-refractivity contribution in [3.05, 3.63) is 0 Å². The molecule has 0 bridgehead atoms. The van der Waals surface area contributed by atoms with Crippen LogP contribution in [0.2, 0.25) is 0 Å². The molecular weight excluding hydrogens is 210 g/mol. The first-order chi connectivity index (χ1) is 7.12. The average Bonchev–Trinajstić information content (AvgIpc) is 2.82. The zero-order valence-electron chi connectivity index (χ0n) is 8.71. The van der Waals surface area contributed by atoms with E-state index < -0.39 is 5.54 Å². The minimum Gasteiger partial charge on any atom is -0.391 e. The van der Waals surface area contributed by atoms with Crippen molar-refractivity contribution in [3.63, 3.8) is 0 Å². The molecule has 0 radical (unpaired) electrons. The Labute approximate surface area is 95.0 Å². The molecule has 0 atom stereocenters. The van der Waals surface area contributed by atoms with Gasteiger partial charge in [-0.1, -0.05) is 25.1 Å². The van der Waals surface area contributed by atoms with E-state index in [1.54, 1.807) is 0 Å². The van der Waals surface area contributed by atoms with E-state index in [0.29, 0.717) is 11.0 Å². The molecule has 0 aromatic rings. The third-order valence-corrected chi connectivity index (χ3v) is 3.58. The number of nitrogens with two attached hydrogens (primary N) is 1. The molecule has 2 aliphatic carbocycles. The molecule has 0 aromatic carbocycles. The lowest BCUT2D eigenvalue weighted by molar-refractivity contribution is 0.233. The van der Waals surface area contributed by atoms with Crippen molar-refractivity contribution in [1.82, 2.24) is 10.6 Å². The van der Waals surface area contributed by atoms with Gasteiger partial charge in [0.25, 0.3) is 0 Å². The number of rotatable bonds is 3. The van der Waals surface area contributed by atoms with Crippen LogP contribution in [0.1, 0.15) is 38.5 Å². The fourth-order valence-corrected chi connectivity index (χ4v) is 2.33. The fraction of sp³-hybridized carbons (Fsp3) is 0.800. The number of hydrogen-bond donors (Lipinski definition) is 3. The molecule has 2 rings (SSSR count). The number of carbonyl (C=O) groups is 1. The van der Waals surface area contributed by atoms with Gasteiger partial charge >= 0.3 is 6.03 Å². The zero-order valence-corrected chi connectivity index (χ0v) is 9.53. The quantitative estimate of drug-likeness (QED) is 0.631. The molecule has 2 saturated carbocycles. The number of thiocarbonyl (C=S) groups is 1. The minimum absolute atomic E-state index is 0.118. The number of amides is 2. The maximum Gasteiger partial charge on any atom is 0.315 e. The summed E-state index contributed by atoms with van der Waals surface area (Å²) in [6.45, 7) is 0. The molecule has 2 aliphatic rings. The number of hydrogen-bond acceptors (Lipinski definition) is 2. The van der Waals surface area contributed by atoms with E-state index >= 15 is 0 Å². The first kappa shape index (κ1) is 10.7. The van der Waals surface area contributed by atoms with E-state index in [9.17, 15) is 4.79 Å². The zero-order chi connectivity index (χ0) is 10.9. The van der Waals surface area contributed by atoms with E-state index in [-0.39, 0.29) is 6.03 Å². The summed E-state index contributed by atoms with van der Waals surface area (Å²) in [5.41, 5.74) is 5.29. The number of nitrogens with one attached hydrogen (secondary N) is 2. The molecule has 0 heterocycles. The van der Waals surface area contributed by atoms with Gasteiger partial charge in [-0.05, 0) is 25.7 Å². The summed E-state index contributed by atoms with van der Waals surface area (Å²) in [5.74, 6) is 0. The maximum atomic E-state index is 11.6. The normalized spacial score (nSPS) is 23.5. The standard InChI is InChI=1S/C10H17N3OS/c11-8(15)10(5-1-2-6-10)13-9(14)12-7-3-4-7/h7H,1-6H2,(H2,11,15)(H2,12,13,14). The Morgan fingerprint density at radius 2 is 1.93 bits per heavy atom. The van der Waals surface area contributed by atoms with Gasteiger partial charge < -0.3 is 16.4 Å². The molecule has 0 aliphatic heterocycles. The Morgan fingerprint density at radius 1 is 1.33 bits per heavy atom. The summed E-state index contributed by atoms with van der Waals surface area (Å²) in [6.07, 6.45) is 6.10. The van der Waals surface area contributed by atoms with Crippen molar-refractivity contribution in [2.24, 2.45) is 5.73 Å². The summed E-state index contributed by atoms with van der Waals surface area (Å²) in [4.78, 5) is 12.0. The van der Waals surface area contributed by atoms with E-state index in [1.165, 1.54) is 0 Å². The maximum absolute atomic E-state index is 11.6. The van der Waals surface area contributed by atoms with Crippen molar-refractivity contribution in [1.29, 1.82) is 0 Å². The molecule has 2 fully saturated rings. The second-order valence-corrected chi connectivity index (χ2v) is 4.97. The van der Waals surface area contributed by atoms with Gasteiger partial charge in [-0.3, -0.25) is 0 Å². The Balaban J connectivity index is 1.93. The van der Waals surface area contributed by atoms with Crippen LogP contribution in [-0.4, -0.2) is 22.6 Å². The molecule has 5 heteroatoms. The molecule has 4 nitrogen and oxygen atoms in total. The van der Waals surface area contributed by atoms with Crippen molar-refractivity contribution >= 4 is 23.2 Å². The fourth-order valence-electron chi connectivity index (χ4n) is 2.08. The van der Waals surface area contributed by atoms with Crippen molar-refractivity contribution in [2.75, 3.05) is 0 Å². The third-order valence-electron chi connectivity index (χ3n) is 3.19. The van der Waals surface area contributed by atoms with Crippen molar-refractivity contribution in [3.8, 4) is 0 Å². The summed E-state index contributed by atoms with van der Waals surface area (Å²) in [6, 6.07) is 0.252. The van der Waals surface area contributed by atoms with Crippen LogP contribution in [0.5, 0.6) is 0 Å². The van der Waals surface area contributed by atoms with Crippen LogP contribution in [0.25, 0.3) is 0 Å². The Hall–Kier alpha value is -0.840. The third kappa shape index (κ3) is 2.40. The predicted molar refractivity (Wildman–Crippen MR) is 62.7 cm³/mol. The Morgan fingerprint density at radius 3 is 2.40 bits per heavy atom. The van der Waals surface area contributed by atoms with Crippen LogP contribution in [0, 0.1) is 0 Å². The molecule has 0 unspecified atom stereocenters.